The molecule has 18 heavy (non-hydrogen) atoms. The number of aromatic nitrogens is 3. The first-order valence-corrected chi connectivity index (χ1v) is 5.98. The summed E-state index contributed by atoms with van der Waals surface area (Å²) in [6, 6.07) is 2.15. The molecule has 4 heteroatoms. The summed E-state index contributed by atoms with van der Waals surface area (Å²) < 4.78 is 1.87. The fourth-order valence-electron chi connectivity index (χ4n) is 2.07. The van der Waals surface area contributed by atoms with Crippen LogP contribution in [0, 0.1) is 23.7 Å². The van der Waals surface area contributed by atoms with Gasteiger partial charge in [0.15, 0.2) is 0 Å². The maximum Gasteiger partial charge on any atom is 0.143 e. The zero-order valence-electron chi connectivity index (χ0n) is 10.3. The highest BCUT2D eigenvalue weighted by molar-refractivity contribution is 5.87. The third-order valence-electron chi connectivity index (χ3n) is 2.91. The Kier molecular flexibility index (Phi) is 3.60. The molecule has 90 valence electrons. The second-order valence-electron chi connectivity index (χ2n) is 4.01. The summed E-state index contributed by atoms with van der Waals surface area (Å²) in [5.74, 6) is 2.63. The van der Waals surface area contributed by atoms with Crippen molar-refractivity contribution in [3.8, 4) is 18.4 Å². The number of nitriles is 1. The summed E-state index contributed by atoms with van der Waals surface area (Å²) in [7, 11) is 0. The Morgan fingerprint density at radius 1 is 1.44 bits per heavy atom. The van der Waals surface area contributed by atoms with E-state index in [-0.39, 0.29) is 0 Å². The van der Waals surface area contributed by atoms with E-state index in [2.05, 4.69) is 22.1 Å². The summed E-state index contributed by atoms with van der Waals surface area (Å²) >= 11 is 0. The lowest BCUT2D eigenvalue weighted by Gasteiger charge is -2.02. The van der Waals surface area contributed by atoms with Gasteiger partial charge in [-0.25, -0.2) is 0 Å². The van der Waals surface area contributed by atoms with Gasteiger partial charge in [-0.2, -0.15) is 10.4 Å². The van der Waals surface area contributed by atoms with Crippen molar-refractivity contribution >= 4 is 10.9 Å². The Bertz CT molecular complexity index is 640. The predicted octanol–water partition coefficient (Wildman–Crippen LogP) is 2.28. The van der Waals surface area contributed by atoms with E-state index >= 15 is 0 Å². The van der Waals surface area contributed by atoms with Crippen molar-refractivity contribution in [2.45, 2.75) is 32.7 Å². The van der Waals surface area contributed by atoms with E-state index in [9.17, 15) is 0 Å². The molecule has 0 spiro atoms. The number of nitrogens with zero attached hydrogens (tertiary/aromatic N) is 4. The van der Waals surface area contributed by atoms with Crippen molar-refractivity contribution in [3.05, 3.63) is 23.7 Å². The van der Waals surface area contributed by atoms with Crippen molar-refractivity contribution in [3.63, 3.8) is 0 Å². The second kappa shape index (κ2) is 5.33. The highest BCUT2D eigenvalue weighted by Crippen LogP contribution is 2.22. The Labute approximate surface area is 106 Å². The number of hydrogen-bond donors (Lipinski definition) is 0. The third-order valence-corrected chi connectivity index (χ3v) is 2.91. The number of rotatable bonds is 4. The predicted molar refractivity (Wildman–Crippen MR) is 69.7 cm³/mol. The average molecular weight is 238 g/mol. The lowest BCUT2D eigenvalue weighted by molar-refractivity contribution is 0.680. The molecular weight excluding hydrogens is 224 g/mol. The number of fused-ring (bicyclic) bond motifs is 1. The summed E-state index contributed by atoms with van der Waals surface area (Å²) in [6.45, 7) is 2.79. The zero-order valence-corrected chi connectivity index (χ0v) is 10.3. The van der Waals surface area contributed by atoms with Gasteiger partial charge in [0.25, 0.3) is 0 Å². The molecule has 0 saturated heterocycles. The second-order valence-corrected chi connectivity index (χ2v) is 4.01. The van der Waals surface area contributed by atoms with Crippen LogP contribution in [0.2, 0.25) is 0 Å². The van der Waals surface area contributed by atoms with Crippen LogP contribution in [0.25, 0.3) is 10.9 Å². The first-order valence-electron chi connectivity index (χ1n) is 5.98. The molecule has 0 unspecified atom stereocenters. The first-order chi connectivity index (χ1) is 8.81. The standard InChI is InChI=1S/C14H14N4/c1-3-12-14-11(7-5-6-8-15)9-16-10-13(14)18(4-2)17-12/h1,9-10H,4-7H2,2H3. The van der Waals surface area contributed by atoms with Crippen LogP contribution in [0.5, 0.6) is 0 Å². The summed E-state index contributed by atoms with van der Waals surface area (Å²) in [5, 5.41) is 14.0. The molecule has 0 saturated carbocycles. The van der Waals surface area contributed by atoms with Crippen LogP contribution in [0.1, 0.15) is 31.0 Å². The fourth-order valence-corrected chi connectivity index (χ4v) is 2.07. The van der Waals surface area contributed by atoms with Crippen molar-refractivity contribution < 1.29 is 0 Å². The Hall–Kier alpha value is -2.33. The smallest absolute Gasteiger partial charge is 0.143 e. The molecule has 2 rings (SSSR count). The van der Waals surface area contributed by atoms with Crippen LogP contribution in [0.4, 0.5) is 0 Å². The maximum atomic E-state index is 8.59. The largest absolute Gasteiger partial charge is 0.262 e. The molecule has 0 aliphatic rings. The van der Waals surface area contributed by atoms with Gasteiger partial charge in [-0.3, -0.25) is 9.67 Å². The van der Waals surface area contributed by atoms with Gasteiger partial charge in [-0.05, 0) is 31.2 Å². The molecule has 0 amide bonds. The van der Waals surface area contributed by atoms with Gasteiger partial charge >= 0.3 is 0 Å². The summed E-state index contributed by atoms with van der Waals surface area (Å²) in [6.07, 6.45) is 11.3. The van der Waals surface area contributed by atoms with Crippen LogP contribution in [0.15, 0.2) is 12.4 Å². The lowest BCUT2D eigenvalue weighted by atomic mass is 10.1. The third kappa shape index (κ3) is 2.06. The van der Waals surface area contributed by atoms with Crippen LogP contribution in [-0.2, 0) is 13.0 Å². The van der Waals surface area contributed by atoms with Crippen molar-refractivity contribution in [1.29, 1.82) is 5.26 Å². The molecule has 0 aromatic carbocycles. The van der Waals surface area contributed by atoms with Gasteiger partial charge in [0, 0.05) is 24.5 Å². The molecule has 0 radical (unpaired) electrons. The van der Waals surface area contributed by atoms with Crippen LogP contribution in [-0.4, -0.2) is 14.8 Å². The van der Waals surface area contributed by atoms with E-state index in [1.54, 1.807) is 6.20 Å². The molecule has 0 fully saturated rings. The molecule has 0 bridgehead atoms. The van der Waals surface area contributed by atoms with Gasteiger partial charge in [0.05, 0.1) is 17.8 Å². The molecule has 0 aliphatic heterocycles. The lowest BCUT2D eigenvalue weighted by Crippen LogP contribution is -1.96. The van der Waals surface area contributed by atoms with E-state index in [0.717, 1.165) is 35.9 Å². The topological polar surface area (TPSA) is 54.5 Å². The zero-order chi connectivity index (χ0) is 13.0. The van der Waals surface area contributed by atoms with Gasteiger partial charge < -0.3 is 0 Å². The Morgan fingerprint density at radius 2 is 2.28 bits per heavy atom. The molecular formula is C14H14N4. The minimum atomic E-state index is 0.545. The number of unbranched alkanes of at least 4 members (excludes halogenated alkanes) is 1. The Balaban J connectivity index is 2.51. The highest BCUT2D eigenvalue weighted by Gasteiger charge is 2.12. The quantitative estimate of drug-likeness (QED) is 0.606. The van der Waals surface area contributed by atoms with Crippen LogP contribution < -0.4 is 0 Å². The highest BCUT2D eigenvalue weighted by atomic mass is 15.3. The molecule has 0 N–H and O–H groups in total. The van der Waals surface area contributed by atoms with Gasteiger partial charge in [-0.15, -0.1) is 6.42 Å². The monoisotopic (exact) mass is 238 g/mol. The molecule has 4 nitrogen and oxygen atoms in total. The molecule has 2 aromatic heterocycles. The van der Waals surface area contributed by atoms with Crippen LogP contribution in [0.3, 0.4) is 0 Å². The van der Waals surface area contributed by atoms with Crippen molar-refractivity contribution in [2.24, 2.45) is 0 Å². The fraction of sp³-hybridized carbons (Fsp3) is 0.357. The average Bonchev–Trinajstić information content (AvgIpc) is 2.78. The van der Waals surface area contributed by atoms with E-state index in [0.29, 0.717) is 12.1 Å². The minimum absolute atomic E-state index is 0.545. The number of aryl methyl sites for hydroxylation is 2. The van der Waals surface area contributed by atoms with Gasteiger partial charge in [0.1, 0.15) is 5.69 Å². The van der Waals surface area contributed by atoms with E-state index in [1.807, 2.05) is 17.8 Å². The molecule has 2 heterocycles. The van der Waals surface area contributed by atoms with Crippen LogP contribution >= 0.6 is 0 Å². The number of terminal acetylenes is 1. The Morgan fingerprint density at radius 3 is 2.94 bits per heavy atom. The van der Waals surface area contributed by atoms with E-state index in [1.165, 1.54) is 0 Å². The maximum absolute atomic E-state index is 8.59. The van der Waals surface area contributed by atoms with E-state index < -0.39 is 0 Å². The van der Waals surface area contributed by atoms with E-state index in [4.69, 9.17) is 11.7 Å². The molecule has 0 aliphatic carbocycles. The first kappa shape index (κ1) is 12.1. The number of pyridine rings is 1. The van der Waals surface area contributed by atoms with Crippen molar-refractivity contribution in [1.82, 2.24) is 14.8 Å². The number of hydrogen-bond acceptors (Lipinski definition) is 3. The summed E-state index contributed by atoms with van der Waals surface area (Å²) in [5.41, 5.74) is 2.72. The summed E-state index contributed by atoms with van der Waals surface area (Å²) in [4.78, 5) is 4.24. The van der Waals surface area contributed by atoms with Gasteiger partial charge in [-0.1, -0.05) is 0 Å². The molecule has 0 atom stereocenters. The normalized spacial score (nSPS) is 10.2. The van der Waals surface area contributed by atoms with Crippen molar-refractivity contribution in [2.75, 3.05) is 0 Å². The minimum Gasteiger partial charge on any atom is -0.262 e. The molecule has 2 aromatic rings. The van der Waals surface area contributed by atoms with Gasteiger partial charge in [0.2, 0.25) is 0 Å². The SMILES string of the molecule is C#Cc1nn(CC)c2cncc(CCCC#N)c12.